The third-order valence-corrected chi connectivity index (χ3v) is 2.52. The SMILES string of the molecule is CCCCOCCOCCOCCCC(=O)CC. The summed E-state index contributed by atoms with van der Waals surface area (Å²) in [6, 6.07) is 0. The van der Waals surface area contributed by atoms with Crippen molar-refractivity contribution in [3.05, 3.63) is 0 Å². The van der Waals surface area contributed by atoms with Crippen molar-refractivity contribution in [2.45, 2.75) is 46.0 Å². The smallest absolute Gasteiger partial charge is 0.132 e. The minimum atomic E-state index is 0.305. The first-order valence-electron chi connectivity index (χ1n) is 7.06. The van der Waals surface area contributed by atoms with Crippen molar-refractivity contribution in [1.29, 1.82) is 0 Å². The topological polar surface area (TPSA) is 44.8 Å². The van der Waals surface area contributed by atoms with Crippen LogP contribution in [0.15, 0.2) is 0 Å². The van der Waals surface area contributed by atoms with Gasteiger partial charge in [-0.25, -0.2) is 0 Å². The number of ketones is 1. The minimum Gasteiger partial charge on any atom is -0.379 e. The molecule has 0 aliphatic heterocycles. The van der Waals surface area contributed by atoms with Crippen molar-refractivity contribution < 1.29 is 19.0 Å². The molecule has 0 aliphatic carbocycles. The fraction of sp³-hybridized carbons (Fsp3) is 0.929. The highest BCUT2D eigenvalue weighted by Crippen LogP contribution is 1.95. The van der Waals surface area contributed by atoms with Crippen LogP contribution >= 0.6 is 0 Å². The average molecular weight is 260 g/mol. The Labute approximate surface area is 111 Å². The number of carbonyl (C=O) groups excluding carboxylic acids is 1. The van der Waals surface area contributed by atoms with E-state index in [1.54, 1.807) is 0 Å². The lowest BCUT2D eigenvalue weighted by Gasteiger charge is -2.06. The van der Waals surface area contributed by atoms with Crippen LogP contribution in [0.5, 0.6) is 0 Å². The predicted molar refractivity (Wildman–Crippen MR) is 71.9 cm³/mol. The Morgan fingerprint density at radius 3 is 1.78 bits per heavy atom. The molecule has 0 heterocycles. The van der Waals surface area contributed by atoms with E-state index >= 15 is 0 Å². The van der Waals surface area contributed by atoms with Crippen LogP contribution in [0, 0.1) is 0 Å². The van der Waals surface area contributed by atoms with E-state index in [1.165, 1.54) is 0 Å². The third kappa shape index (κ3) is 13.6. The molecule has 0 spiro atoms. The molecule has 4 heteroatoms. The molecular weight excluding hydrogens is 232 g/mol. The lowest BCUT2D eigenvalue weighted by Crippen LogP contribution is -2.10. The Hall–Kier alpha value is -0.450. The Morgan fingerprint density at radius 2 is 1.28 bits per heavy atom. The highest BCUT2D eigenvalue weighted by Gasteiger charge is 1.97. The summed E-state index contributed by atoms with van der Waals surface area (Å²) in [6.45, 7) is 7.97. The summed E-state index contributed by atoms with van der Waals surface area (Å²) < 4.78 is 16.1. The van der Waals surface area contributed by atoms with Gasteiger partial charge in [0.05, 0.1) is 26.4 Å². The van der Waals surface area contributed by atoms with Crippen molar-refractivity contribution >= 4 is 5.78 Å². The van der Waals surface area contributed by atoms with Gasteiger partial charge >= 0.3 is 0 Å². The maximum absolute atomic E-state index is 11.0. The zero-order valence-corrected chi connectivity index (χ0v) is 11.9. The number of unbranched alkanes of at least 4 members (excludes halogenated alkanes) is 1. The van der Waals surface area contributed by atoms with Gasteiger partial charge in [-0.15, -0.1) is 0 Å². The van der Waals surface area contributed by atoms with Crippen LogP contribution in [-0.2, 0) is 19.0 Å². The molecule has 0 aromatic carbocycles. The number of ether oxygens (including phenoxy) is 3. The monoisotopic (exact) mass is 260 g/mol. The lowest BCUT2D eigenvalue weighted by atomic mass is 10.2. The van der Waals surface area contributed by atoms with Gasteiger partial charge < -0.3 is 14.2 Å². The van der Waals surface area contributed by atoms with Gasteiger partial charge in [0.1, 0.15) is 5.78 Å². The molecule has 0 aliphatic rings. The van der Waals surface area contributed by atoms with Gasteiger partial charge in [0.2, 0.25) is 0 Å². The molecule has 0 fully saturated rings. The zero-order valence-electron chi connectivity index (χ0n) is 11.9. The molecule has 0 saturated heterocycles. The van der Waals surface area contributed by atoms with Crippen LogP contribution < -0.4 is 0 Å². The Balaban J connectivity index is 2.97. The maximum Gasteiger partial charge on any atom is 0.132 e. The first kappa shape index (κ1) is 17.6. The highest BCUT2D eigenvalue weighted by molar-refractivity contribution is 5.77. The van der Waals surface area contributed by atoms with Crippen molar-refractivity contribution in [3.8, 4) is 0 Å². The first-order chi connectivity index (χ1) is 8.81. The Bertz CT molecular complexity index is 183. The summed E-state index contributed by atoms with van der Waals surface area (Å²) >= 11 is 0. The van der Waals surface area contributed by atoms with Gasteiger partial charge in [-0.05, 0) is 12.8 Å². The van der Waals surface area contributed by atoms with Gasteiger partial charge in [-0.2, -0.15) is 0 Å². The molecule has 0 atom stereocenters. The lowest BCUT2D eigenvalue weighted by molar-refractivity contribution is -0.119. The first-order valence-corrected chi connectivity index (χ1v) is 7.06. The zero-order chi connectivity index (χ0) is 13.5. The molecule has 4 nitrogen and oxygen atoms in total. The van der Waals surface area contributed by atoms with Crippen LogP contribution in [0.4, 0.5) is 0 Å². The number of hydrogen-bond donors (Lipinski definition) is 0. The molecule has 0 amide bonds. The highest BCUT2D eigenvalue weighted by atomic mass is 16.5. The molecule has 0 saturated carbocycles. The summed E-state index contributed by atoms with van der Waals surface area (Å²) in [4.78, 5) is 11.0. The number of rotatable bonds is 14. The van der Waals surface area contributed by atoms with E-state index < -0.39 is 0 Å². The van der Waals surface area contributed by atoms with E-state index in [1.807, 2.05) is 6.92 Å². The van der Waals surface area contributed by atoms with Crippen LogP contribution in [0.1, 0.15) is 46.0 Å². The summed E-state index contributed by atoms with van der Waals surface area (Å²) in [7, 11) is 0. The fourth-order valence-electron chi connectivity index (χ4n) is 1.34. The molecular formula is C14H28O4. The van der Waals surface area contributed by atoms with Crippen LogP contribution in [-0.4, -0.2) is 45.4 Å². The predicted octanol–water partition coefficient (Wildman–Crippen LogP) is 2.60. The molecule has 0 bridgehead atoms. The summed E-state index contributed by atoms with van der Waals surface area (Å²) in [5.41, 5.74) is 0. The largest absolute Gasteiger partial charge is 0.379 e. The van der Waals surface area contributed by atoms with Crippen LogP contribution in [0.3, 0.4) is 0 Å². The van der Waals surface area contributed by atoms with Crippen molar-refractivity contribution in [2.75, 3.05) is 39.6 Å². The second-order valence-electron chi connectivity index (χ2n) is 4.19. The van der Waals surface area contributed by atoms with Crippen LogP contribution in [0.25, 0.3) is 0 Å². The molecule has 0 unspecified atom stereocenters. The summed E-state index contributed by atoms with van der Waals surface area (Å²) in [6.07, 6.45) is 4.34. The average Bonchev–Trinajstić information content (AvgIpc) is 2.39. The van der Waals surface area contributed by atoms with E-state index in [4.69, 9.17) is 14.2 Å². The van der Waals surface area contributed by atoms with E-state index in [9.17, 15) is 4.79 Å². The standard InChI is InChI=1S/C14H28O4/c1-3-5-8-16-10-12-18-13-11-17-9-6-7-14(15)4-2/h3-13H2,1-2H3. The van der Waals surface area contributed by atoms with Gasteiger partial charge in [0, 0.05) is 26.1 Å². The van der Waals surface area contributed by atoms with Crippen LogP contribution in [0.2, 0.25) is 0 Å². The quantitative estimate of drug-likeness (QED) is 0.450. The summed E-state index contributed by atoms with van der Waals surface area (Å²) in [5, 5.41) is 0. The van der Waals surface area contributed by atoms with Crippen molar-refractivity contribution in [2.24, 2.45) is 0 Å². The molecule has 0 N–H and O–H groups in total. The Morgan fingerprint density at radius 1 is 0.778 bits per heavy atom. The summed E-state index contributed by atoms with van der Waals surface area (Å²) in [5.74, 6) is 0.305. The molecule has 0 radical (unpaired) electrons. The number of Topliss-reactive ketones (excluding diaryl/α,β-unsaturated/α-hetero) is 1. The van der Waals surface area contributed by atoms with Crippen molar-refractivity contribution in [3.63, 3.8) is 0 Å². The second kappa shape index (κ2) is 14.6. The second-order valence-corrected chi connectivity index (χ2v) is 4.19. The minimum absolute atomic E-state index is 0.305. The van der Waals surface area contributed by atoms with E-state index in [0.717, 1.165) is 25.9 Å². The van der Waals surface area contributed by atoms with Gasteiger partial charge in [-0.3, -0.25) is 4.79 Å². The van der Waals surface area contributed by atoms with E-state index in [2.05, 4.69) is 6.92 Å². The van der Waals surface area contributed by atoms with Crippen molar-refractivity contribution in [1.82, 2.24) is 0 Å². The molecule has 0 aromatic rings. The normalized spacial score (nSPS) is 10.8. The Kier molecular flexibility index (Phi) is 14.2. The maximum atomic E-state index is 11.0. The third-order valence-electron chi connectivity index (χ3n) is 2.52. The van der Waals surface area contributed by atoms with Gasteiger partial charge in [0.25, 0.3) is 0 Å². The van der Waals surface area contributed by atoms with Gasteiger partial charge in [-0.1, -0.05) is 20.3 Å². The van der Waals surface area contributed by atoms with E-state index in [0.29, 0.717) is 51.7 Å². The number of hydrogen-bond acceptors (Lipinski definition) is 4. The fourth-order valence-corrected chi connectivity index (χ4v) is 1.34. The van der Waals surface area contributed by atoms with E-state index in [-0.39, 0.29) is 0 Å². The van der Waals surface area contributed by atoms with Gasteiger partial charge in [0.15, 0.2) is 0 Å². The molecule has 0 rings (SSSR count). The molecule has 0 aromatic heterocycles. The molecule has 108 valence electrons. The molecule has 18 heavy (non-hydrogen) atoms. The number of carbonyl (C=O) groups is 1.